The first-order valence-electron chi connectivity index (χ1n) is 3.52. The molecule has 0 atom stereocenters. The van der Waals surface area contributed by atoms with Crippen LogP contribution in [0.4, 0.5) is 0 Å². The Kier molecular flexibility index (Phi) is 2.58. The Morgan fingerprint density at radius 2 is 2.00 bits per heavy atom. The van der Waals surface area contributed by atoms with E-state index in [1.54, 1.807) is 0 Å². The fourth-order valence-electron chi connectivity index (χ4n) is 0.869. The first kappa shape index (κ1) is 9.49. The summed E-state index contributed by atoms with van der Waals surface area (Å²) in [6.07, 6.45) is 2.27. The van der Waals surface area contributed by atoms with Crippen molar-refractivity contribution < 1.29 is 0 Å². The lowest BCUT2D eigenvalue weighted by Crippen LogP contribution is -2.34. The van der Waals surface area contributed by atoms with Gasteiger partial charge in [0, 0.05) is 16.8 Å². The van der Waals surface area contributed by atoms with Gasteiger partial charge in [-0.2, -0.15) is 11.8 Å². The molecule has 1 aliphatic rings. The highest BCUT2D eigenvalue weighted by Gasteiger charge is 2.39. The second-order valence-corrected chi connectivity index (χ2v) is 16.9. The van der Waals surface area contributed by atoms with Crippen LogP contribution in [0.2, 0.25) is 0 Å². The van der Waals surface area contributed by atoms with Crippen LogP contribution >= 0.6 is 42.3 Å². The van der Waals surface area contributed by atoms with Crippen LogP contribution in [0.1, 0.15) is 6.92 Å². The van der Waals surface area contributed by atoms with E-state index in [9.17, 15) is 0 Å². The third kappa shape index (κ3) is 1.76. The van der Waals surface area contributed by atoms with Gasteiger partial charge in [0.2, 0.25) is 0 Å². The largest absolute Gasteiger partial charge is 0.214 e. The molecule has 0 aliphatic carbocycles. The standard InChI is InChI=1S/C6H16S4/c1-3-10(2,7,8)6-4-9-5-6/h6-8,10H,3-5H2,1-2H3. The Hall–Kier alpha value is 1.40. The number of hydrogen-bond acceptors (Lipinski definition) is 3. The topological polar surface area (TPSA) is 0 Å². The van der Waals surface area contributed by atoms with Gasteiger partial charge in [0.05, 0.1) is 0 Å². The average Bonchev–Trinajstić information content (AvgIpc) is 1.58. The van der Waals surface area contributed by atoms with Gasteiger partial charge >= 0.3 is 0 Å². The molecule has 4 heteroatoms. The van der Waals surface area contributed by atoms with Crippen LogP contribution in [-0.2, 0) is 0 Å². The van der Waals surface area contributed by atoms with Crippen molar-refractivity contribution in [2.75, 3.05) is 23.5 Å². The van der Waals surface area contributed by atoms with Gasteiger partial charge in [-0.3, -0.25) is 0 Å². The van der Waals surface area contributed by atoms with Crippen molar-refractivity contribution in [2.24, 2.45) is 0 Å². The highest BCUT2D eigenvalue weighted by Crippen LogP contribution is 2.80. The summed E-state index contributed by atoms with van der Waals surface area (Å²) in [5, 5.41) is 0.813. The minimum Gasteiger partial charge on any atom is -0.214 e. The quantitative estimate of drug-likeness (QED) is 0.471. The number of hydrogen-bond donors (Lipinski definition) is 3. The van der Waals surface area contributed by atoms with E-state index in [0.29, 0.717) is 0 Å². The molecule has 0 aromatic carbocycles. The minimum absolute atomic E-state index is 0.813. The van der Waals surface area contributed by atoms with E-state index >= 15 is 0 Å². The Labute approximate surface area is 77.8 Å². The van der Waals surface area contributed by atoms with Crippen LogP contribution < -0.4 is 0 Å². The summed E-state index contributed by atoms with van der Waals surface area (Å²) in [5.41, 5.74) is 0. The lowest BCUT2D eigenvalue weighted by Gasteiger charge is -2.58. The lowest BCUT2D eigenvalue weighted by molar-refractivity contribution is 1.07. The summed E-state index contributed by atoms with van der Waals surface area (Å²) >= 11 is 11.5. The minimum atomic E-state index is -1.78. The zero-order chi connectivity index (χ0) is 7.85. The van der Waals surface area contributed by atoms with Gasteiger partial charge in [0.15, 0.2) is 0 Å². The zero-order valence-corrected chi connectivity index (χ0v) is 9.95. The summed E-state index contributed by atoms with van der Waals surface area (Å²) < 4.78 is 0. The maximum atomic E-state index is 4.75. The molecule has 1 heterocycles. The first-order chi connectivity index (χ1) is 4.44. The molecular weight excluding hydrogens is 200 g/mol. The maximum absolute atomic E-state index is 4.75. The summed E-state index contributed by atoms with van der Waals surface area (Å²) in [6, 6.07) is 0. The molecule has 0 N–H and O–H groups in total. The Morgan fingerprint density at radius 3 is 2.10 bits per heavy atom. The number of rotatable bonds is 2. The molecule has 0 spiro atoms. The van der Waals surface area contributed by atoms with Crippen molar-refractivity contribution in [1.82, 2.24) is 0 Å². The summed E-state index contributed by atoms with van der Waals surface area (Å²) in [5.74, 6) is 3.73. The molecule has 1 saturated heterocycles. The molecule has 1 aliphatic heterocycles. The first-order valence-corrected chi connectivity index (χ1v) is 9.92. The van der Waals surface area contributed by atoms with Crippen LogP contribution in [0.5, 0.6) is 0 Å². The number of thiol groups is 3. The van der Waals surface area contributed by atoms with Crippen LogP contribution in [0.3, 0.4) is 0 Å². The maximum Gasteiger partial charge on any atom is 0.00776 e. The van der Waals surface area contributed by atoms with Crippen molar-refractivity contribution >= 4 is 42.3 Å². The molecule has 10 heavy (non-hydrogen) atoms. The molecule has 0 radical (unpaired) electrons. The Balaban J connectivity index is 2.63. The van der Waals surface area contributed by atoms with Crippen molar-refractivity contribution in [1.29, 1.82) is 0 Å². The smallest absolute Gasteiger partial charge is 0.00776 e. The molecule has 0 aromatic rings. The molecule has 1 fully saturated rings. The fraction of sp³-hybridized carbons (Fsp3) is 1.00. The highest BCUT2D eigenvalue weighted by atomic mass is 33.6. The van der Waals surface area contributed by atoms with E-state index < -0.39 is 7.23 Å². The summed E-state index contributed by atoms with van der Waals surface area (Å²) in [4.78, 5) is 0. The van der Waals surface area contributed by atoms with Crippen LogP contribution in [0.15, 0.2) is 0 Å². The molecule has 0 amide bonds. The van der Waals surface area contributed by atoms with Crippen molar-refractivity contribution in [2.45, 2.75) is 12.2 Å². The second-order valence-electron chi connectivity index (χ2n) is 3.27. The second kappa shape index (κ2) is 2.71. The van der Waals surface area contributed by atoms with Gasteiger partial charge in [-0.1, -0.05) is 6.92 Å². The molecule has 0 aromatic heterocycles. The SMILES string of the molecule is CC[SH](C)(S)(S)C1CSC1. The molecule has 0 nitrogen and oxygen atoms in total. The monoisotopic (exact) mass is 216 g/mol. The Morgan fingerprint density at radius 1 is 1.50 bits per heavy atom. The average molecular weight is 216 g/mol. The predicted octanol–water partition coefficient (Wildman–Crippen LogP) is 2.51. The van der Waals surface area contributed by atoms with E-state index in [1.165, 1.54) is 11.5 Å². The third-order valence-corrected chi connectivity index (χ3v) is 11.6. The van der Waals surface area contributed by atoms with Gasteiger partial charge in [-0.25, -0.2) is 7.23 Å². The van der Waals surface area contributed by atoms with Crippen molar-refractivity contribution in [3.8, 4) is 0 Å². The predicted molar refractivity (Wildman–Crippen MR) is 64.5 cm³/mol. The van der Waals surface area contributed by atoms with Gasteiger partial charge in [0.1, 0.15) is 0 Å². The summed E-state index contributed by atoms with van der Waals surface area (Å²) in [6.45, 7) is 2.21. The lowest BCUT2D eigenvalue weighted by atomic mass is 10.5. The highest BCUT2D eigenvalue weighted by molar-refractivity contribution is 9.26. The molecule has 0 unspecified atom stereocenters. The molecule has 1 rings (SSSR count). The molecule has 64 valence electrons. The summed E-state index contributed by atoms with van der Waals surface area (Å²) in [7, 11) is -1.78. The fourth-order valence-corrected chi connectivity index (χ4v) is 7.97. The van der Waals surface area contributed by atoms with Crippen LogP contribution in [0, 0.1) is 0 Å². The molecular formula is C6H16S4. The van der Waals surface area contributed by atoms with Crippen LogP contribution in [0.25, 0.3) is 0 Å². The van der Waals surface area contributed by atoms with E-state index in [0.717, 1.165) is 11.0 Å². The van der Waals surface area contributed by atoms with E-state index in [2.05, 4.69) is 13.2 Å². The van der Waals surface area contributed by atoms with Crippen molar-refractivity contribution in [3.63, 3.8) is 0 Å². The van der Waals surface area contributed by atoms with Gasteiger partial charge < -0.3 is 0 Å². The van der Waals surface area contributed by atoms with E-state index in [-0.39, 0.29) is 0 Å². The van der Waals surface area contributed by atoms with E-state index in [4.69, 9.17) is 23.3 Å². The molecule has 0 bridgehead atoms. The Bertz CT molecular complexity index is 130. The number of thioether (sulfide) groups is 1. The van der Waals surface area contributed by atoms with Gasteiger partial charge in [-0.05, 0) is 12.0 Å². The molecule has 0 saturated carbocycles. The third-order valence-electron chi connectivity index (χ3n) is 2.35. The van der Waals surface area contributed by atoms with Crippen LogP contribution in [-0.4, -0.2) is 28.8 Å². The van der Waals surface area contributed by atoms with Crippen molar-refractivity contribution in [3.05, 3.63) is 0 Å². The zero-order valence-electron chi connectivity index (χ0n) is 6.45. The van der Waals surface area contributed by atoms with E-state index in [1.807, 2.05) is 11.8 Å². The van der Waals surface area contributed by atoms with Gasteiger partial charge in [-0.15, -0.1) is 23.3 Å². The normalized spacial score (nSPS) is 25.0. The van der Waals surface area contributed by atoms with Gasteiger partial charge in [0.25, 0.3) is 0 Å².